The van der Waals surface area contributed by atoms with Crippen LogP contribution in [0.2, 0.25) is 0 Å². The first-order chi connectivity index (χ1) is 25.2. The van der Waals surface area contributed by atoms with Crippen LogP contribution in [-0.4, -0.2) is 71.4 Å². The third-order valence-corrected chi connectivity index (χ3v) is 10.6. The molecule has 0 saturated heterocycles. The van der Waals surface area contributed by atoms with Crippen molar-refractivity contribution in [3.8, 4) is 17.2 Å². The van der Waals surface area contributed by atoms with Gasteiger partial charge in [-0.05, 0) is 56.0 Å². The Hall–Kier alpha value is -4.32. The van der Waals surface area contributed by atoms with Gasteiger partial charge >= 0.3 is 5.97 Å². The normalized spacial score (nSPS) is 21.5. The predicted molar refractivity (Wildman–Crippen MR) is 192 cm³/mol. The maximum absolute atomic E-state index is 13.6. The zero-order valence-electron chi connectivity index (χ0n) is 30.3. The van der Waals surface area contributed by atoms with Gasteiger partial charge in [0, 0.05) is 42.9 Å². The van der Waals surface area contributed by atoms with Crippen molar-refractivity contribution in [1.82, 2.24) is 0 Å². The highest BCUT2D eigenvalue weighted by Crippen LogP contribution is 2.56. The number of benzene rings is 2. The maximum Gasteiger partial charge on any atom is 0.375 e. The van der Waals surface area contributed by atoms with Crippen LogP contribution in [0.3, 0.4) is 0 Å². The van der Waals surface area contributed by atoms with Gasteiger partial charge in [0.05, 0.1) is 54.0 Å². The predicted octanol–water partition coefficient (Wildman–Crippen LogP) is 4.08. The maximum atomic E-state index is 13.6. The van der Waals surface area contributed by atoms with Crippen molar-refractivity contribution in [3.63, 3.8) is 0 Å². The van der Waals surface area contributed by atoms with E-state index in [0.29, 0.717) is 54.5 Å². The number of nitrogens with zero attached hydrogens (tertiary/aromatic N) is 1. The number of aliphatic hydroxyl groups excluding tert-OH is 2. The summed E-state index contributed by atoms with van der Waals surface area (Å²) in [4.78, 5) is 44.6. The first-order valence-electron chi connectivity index (χ1n) is 18.6. The van der Waals surface area contributed by atoms with Crippen LogP contribution in [0.15, 0.2) is 40.1 Å². The Morgan fingerprint density at radius 1 is 1.10 bits per heavy atom. The van der Waals surface area contributed by atoms with E-state index in [1.54, 1.807) is 13.8 Å². The molecule has 3 atom stereocenters. The second kappa shape index (κ2) is 16.1. The number of hydrogen-bond donors (Lipinski definition) is 3. The molecular weight excluding hydrogens is 666 g/mol. The zero-order chi connectivity index (χ0) is 37.0. The van der Waals surface area contributed by atoms with E-state index in [1.807, 2.05) is 24.3 Å². The summed E-state index contributed by atoms with van der Waals surface area (Å²) in [6.45, 7) is 5.58. The van der Waals surface area contributed by atoms with Crippen molar-refractivity contribution in [3.05, 3.63) is 67.9 Å². The van der Waals surface area contributed by atoms with Crippen LogP contribution in [0, 0.1) is 0 Å². The molecule has 11 heteroatoms. The van der Waals surface area contributed by atoms with Crippen molar-refractivity contribution in [2.45, 2.75) is 109 Å². The molecule has 3 N–H and O–H groups in total. The molecule has 3 aliphatic heterocycles. The van der Waals surface area contributed by atoms with E-state index in [4.69, 9.17) is 18.9 Å². The Kier molecular flexibility index (Phi) is 11.6. The van der Waals surface area contributed by atoms with E-state index in [9.17, 15) is 29.7 Å². The van der Waals surface area contributed by atoms with E-state index in [0.717, 1.165) is 47.4 Å². The molecule has 278 valence electrons. The molecule has 6 rings (SSSR count). The Bertz CT molecular complexity index is 1920. The number of allylic oxidation sites excluding steroid dienone is 3. The Labute approximate surface area is 303 Å². The number of rotatable bonds is 15. The summed E-state index contributed by atoms with van der Waals surface area (Å²) < 4.78 is 24.6. The van der Waals surface area contributed by atoms with Gasteiger partial charge in [-0.1, -0.05) is 50.3 Å². The number of carbonyl (C=O) groups excluding carboxylic acids is 3. The molecule has 1 saturated carbocycles. The number of aliphatic hydroxyl groups is 3. The molecule has 0 radical (unpaired) electrons. The number of carbonyl (C=O) groups is 3. The second-order valence-corrected chi connectivity index (χ2v) is 14.1. The minimum absolute atomic E-state index is 0.0273. The van der Waals surface area contributed by atoms with Crippen LogP contribution in [0.25, 0.3) is 11.6 Å². The summed E-state index contributed by atoms with van der Waals surface area (Å²) >= 11 is 0. The largest absolute Gasteiger partial charge is 0.492 e. The van der Waals surface area contributed by atoms with Crippen molar-refractivity contribution in [2.75, 3.05) is 26.4 Å². The van der Waals surface area contributed by atoms with Gasteiger partial charge in [0.15, 0.2) is 6.29 Å². The molecule has 0 bridgehead atoms. The Balaban J connectivity index is 1.55. The molecule has 2 aromatic carbocycles. The Morgan fingerprint density at radius 2 is 1.92 bits per heavy atom. The summed E-state index contributed by atoms with van der Waals surface area (Å²) in [7, 11) is 0. The fourth-order valence-corrected chi connectivity index (χ4v) is 7.80. The second-order valence-electron chi connectivity index (χ2n) is 14.1. The van der Waals surface area contributed by atoms with Crippen LogP contribution in [-0.2, 0) is 32.1 Å². The molecule has 0 spiro atoms. The molecule has 0 aromatic heterocycles. The van der Waals surface area contributed by atoms with E-state index in [2.05, 4.69) is 11.9 Å². The highest BCUT2D eigenvalue weighted by Gasteiger charge is 2.46. The van der Waals surface area contributed by atoms with Gasteiger partial charge in [-0.15, -0.1) is 0 Å². The topological polar surface area (TPSA) is 161 Å². The lowest BCUT2D eigenvalue weighted by Crippen LogP contribution is -2.42. The Morgan fingerprint density at radius 3 is 2.65 bits per heavy atom. The van der Waals surface area contributed by atoms with Crippen molar-refractivity contribution >= 4 is 29.7 Å². The summed E-state index contributed by atoms with van der Waals surface area (Å²) in [5.74, 6) is -0.929. The average molecular weight is 716 g/mol. The quantitative estimate of drug-likeness (QED) is 0.139. The van der Waals surface area contributed by atoms with E-state index in [1.165, 1.54) is 0 Å². The van der Waals surface area contributed by atoms with E-state index >= 15 is 0 Å². The number of Topliss-reactive ketones (excluding diaryl/α,β-unsaturated/α-hetero) is 1. The SMILES string of the molecule is CCCCCCC(C)(O)C1Cc2c(c(CO)c3c(c2OCCCO)C(=C2CCC(=O)C(c4ccc5c(c4)=CCN=5)C2)C(C=O)=C(C(=O)OCC)O3)O1. The molecule has 3 heterocycles. The zero-order valence-corrected chi connectivity index (χ0v) is 30.3. The monoisotopic (exact) mass is 715 g/mol. The molecule has 11 nitrogen and oxygen atoms in total. The molecule has 0 amide bonds. The number of unbranched alkanes of at least 4 members (excludes halogenated alkanes) is 3. The van der Waals surface area contributed by atoms with Crippen molar-refractivity contribution < 1.29 is 48.7 Å². The standard InChI is InChI=1S/C41H49NO10/c1-4-6-7-8-15-41(3,48)33-21-28-36(51-33)30(23-45)38-35(37(28)50-18-9-17-43)34(29(22-44)39(52-38)40(47)49-5-2)26-11-13-32(46)27(20-26)24-10-12-31-25(19-24)14-16-42-31/h10,12,14,19,22,27,33,43,45,48H,4-9,11,13,15-18,20-21,23H2,1-3H3. The fraction of sp³-hybridized carbons (Fsp3) is 0.512. The third kappa shape index (κ3) is 7.18. The van der Waals surface area contributed by atoms with Crippen LogP contribution in [0.4, 0.5) is 0 Å². The lowest BCUT2D eigenvalue weighted by atomic mass is 9.75. The van der Waals surface area contributed by atoms with Gasteiger partial charge in [0.25, 0.3) is 0 Å². The van der Waals surface area contributed by atoms with Crippen LogP contribution in [0.1, 0.15) is 107 Å². The van der Waals surface area contributed by atoms with Gasteiger partial charge in [0.2, 0.25) is 5.76 Å². The summed E-state index contributed by atoms with van der Waals surface area (Å²) in [5, 5.41) is 34.2. The molecule has 2 aromatic rings. The fourth-order valence-electron chi connectivity index (χ4n) is 7.80. The van der Waals surface area contributed by atoms with Gasteiger partial charge in [0.1, 0.15) is 29.1 Å². The number of fused-ring (bicyclic) bond motifs is 3. The van der Waals surface area contributed by atoms with Crippen LogP contribution >= 0.6 is 0 Å². The lowest BCUT2D eigenvalue weighted by molar-refractivity contribution is -0.141. The summed E-state index contributed by atoms with van der Waals surface area (Å²) in [6.07, 6.45) is 7.65. The highest BCUT2D eigenvalue weighted by atomic mass is 16.6. The van der Waals surface area contributed by atoms with Gasteiger partial charge in [-0.3, -0.25) is 14.6 Å². The molecule has 1 fully saturated rings. The number of ketones is 1. The smallest absolute Gasteiger partial charge is 0.375 e. The van der Waals surface area contributed by atoms with E-state index < -0.39 is 30.2 Å². The number of aldehydes is 1. The minimum Gasteiger partial charge on any atom is -0.492 e. The number of hydrogen-bond acceptors (Lipinski definition) is 11. The first-order valence-corrected chi connectivity index (χ1v) is 18.6. The first kappa shape index (κ1) is 37.4. The van der Waals surface area contributed by atoms with Gasteiger partial charge < -0.3 is 34.3 Å². The minimum atomic E-state index is -1.22. The average Bonchev–Trinajstić information content (AvgIpc) is 3.81. The van der Waals surface area contributed by atoms with Crippen LogP contribution < -0.4 is 24.8 Å². The van der Waals surface area contributed by atoms with Gasteiger partial charge in [-0.25, -0.2) is 4.79 Å². The molecule has 1 aliphatic carbocycles. The molecular formula is C41H49NO10. The lowest BCUT2D eigenvalue weighted by Gasteiger charge is -2.32. The third-order valence-electron chi connectivity index (χ3n) is 10.6. The van der Waals surface area contributed by atoms with E-state index in [-0.39, 0.29) is 73.3 Å². The van der Waals surface area contributed by atoms with Gasteiger partial charge in [-0.2, -0.15) is 0 Å². The van der Waals surface area contributed by atoms with Crippen molar-refractivity contribution in [2.24, 2.45) is 4.99 Å². The summed E-state index contributed by atoms with van der Waals surface area (Å²) in [6, 6.07) is 5.83. The molecule has 4 aliphatic rings. The molecule has 3 unspecified atom stereocenters. The summed E-state index contributed by atoms with van der Waals surface area (Å²) in [5.41, 5.74) is 1.93. The number of esters is 1. The number of ether oxygens (including phenoxy) is 4. The highest BCUT2D eigenvalue weighted by molar-refractivity contribution is 6.11. The van der Waals surface area contributed by atoms with Crippen LogP contribution in [0.5, 0.6) is 17.2 Å². The molecule has 52 heavy (non-hydrogen) atoms. The van der Waals surface area contributed by atoms with Crippen molar-refractivity contribution in [1.29, 1.82) is 0 Å².